The van der Waals surface area contributed by atoms with Gasteiger partial charge in [0.05, 0.1) is 18.8 Å². The molecule has 7 aromatic rings. The number of halogens is 21. The first-order valence-electron chi connectivity index (χ1n) is 18.3. The molecule has 0 saturated carbocycles. The van der Waals surface area contributed by atoms with Gasteiger partial charge in [-0.3, -0.25) is 9.78 Å². The van der Waals surface area contributed by atoms with Crippen molar-refractivity contribution in [2.75, 3.05) is 0 Å². The summed E-state index contributed by atoms with van der Waals surface area (Å²) in [6.45, 7) is 0.205. The van der Waals surface area contributed by atoms with E-state index in [9.17, 15) is 61.9 Å². The van der Waals surface area contributed by atoms with Gasteiger partial charge >= 0.3 is 0 Å². The molecule has 0 spiro atoms. The summed E-state index contributed by atoms with van der Waals surface area (Å²) < 4.78 is 310. The van der Waals surface area contributed by atoms with Crippen molar-refractivity contribution in [3.05, 3.63) is 212 Å². The number of benzene rings is 6. The summed E-state index contributed by atoms with van der Waals surface area (Å²) >= 11 is 0. The number of carbonyl (C=O) groups excluding carboxylic acids is 1. The van der Waals surface area contributed by atoms with Gasteiger partial charge in [0.15, 0.2) is 76.0 Å². The normalized spacial score (nSPS) is 11.5. The molecule has 0 aliphatic heterocycles. The fraction of sp³-hybridized carbons (Fsp3) is 0.0465. The summed E-state index contributed by atoms with van der Waals surface area (Å²) in [6, 6.07) is 15.8. The van der Waals surface area contributed by atoms with E-state index in [1.807, 2.05) is 22.8 Å². The van der Waals surface area contributed by atoms with Crippen LogP contribution in [0.1, 0.15) is 21.6 Å². The number of carbonyl (C=O) groups is 1. The van der Waals surface area contributed by atoms with E-state index >= 15 is 35.1 Å². The smallest absolute Gasteiger partial charge is 0.227 e. The van der Waals surface area contributed by atoms with E-state index in [0.29, 0.717) is 17.5 Å². The van der Waals surface area contributed by atoms with Crippen LogP contribution in [0.15, 0.2) is 73.2 Å². The van der Waals surface area contributed by atoms with Crippen LogP contribution >= 0.6 is 0 Å². The lowest BCUT2D eigenvalue weighted by Gasteiger charge is -2.44. The van der Waals surface area contributed by atoms with Crippen molar-refractivity contribution in [1.82, 2.24) is 4.98 Å². The standard InChI is InChI=1S/C24BF20.C19H16FN2O/c26-5-1(6(27)14(35)21(42)13(5)34)25(2-7(28)15(36)22(43)16(37)8(2)29,3-9(30)17(38)23(44)18(39)10(3)31)4-11(32)19(40)24(45)20(41)12(4)33;20-18-9-5-4-8-16(18)12-17-13-21-10-11-22(17)14-19(23)15-6-2-1-3-7-15/h;1-11,13H,12,14H2/q-1;+1. The van der Waals surface area contributed by atoms with Crippen LogP contribution < -0.4 is 26.4 Å². The van der Waals surface area contributed by atoms with Gasteiger partial charge in [-0.05, 0) is 11.6 Å². The average Bonchev–Trinajstić information content (AvgIpc) is 3.33. The SMILES string of the molecule is Fc1c(F)c(F)c([B-](c2c(F)c(F)c(F)c(F)c2F)(c2c(F)c(F)c(F)c(F)c2F)c2c(F)c(F)c(F)c(F)c2F)c(F)c1F.O=C(C[n+]1ccncc1Cc1ccccc1F)c1ccccc1. The highest BCUT2D eigenvalue weighted by molar-refractivity contribution is 7.20. The molecule has 0 radical (unpaired) electrons. The van der Waals surface area contributed by atoms with E-state index in [1.165, 1.54) is 6.07 Å². The van der Waals surface area contributed by atoms with Crippen LogP contribution in [0, 0.1) is 122 Å². The molecule has 1 heterocycles. The molecule has 68 heavy (non-hydrogen) atoms. The van der Waals surface area contributed by atoms with Crippen molar-refractivity contribution < 1.29 is 102 Å². The molecule has 1 aromatic heterocycles. The van der Waals surface area contributed by atoms with Crippen LogP contribution in [0.2, 0.25) is 0 Å². The first-order chi connectivity index (χ1) is 31.9. The lowest BCUT2D eigenvalue weighted by Crippen LogP contribution is -2.81. The van der Waals surface area contributed by atoms with Crippen LogP contribution in [0.25, 0.3) is 0 Å². The van der Waals surface area contributed by atoms with Gasteiger partial charge in [0.25, 0.3) is 0 Å². The molecule has 0 aliphatic carbocycles. The van der Waals surface area contributed by atoms with Crippen LogP contribution in [0.5, 0.6) is 0 Å². The second-order valence-electron chi connectivity index (χ2n) is 14.1. The van der Waals surface area contributed by atoms with Crippen molar-refractivity contribution in [1.29, 1.82) is 0 Å². The second kappa shape index (κ2) is 19.1. The Labute approximate surface area is 365 Å². The Morgan fingerprint density at radius 3 is 1.06 bits per heavy atom. The first-order valence-corrected chi connectivity index (χ1v) is 18.3. The molecule has 25 heteroatoms. The lowest BCUT2D eigenvalue weighted by atomic mass is 9.12. The maximum atomic E-state index is 15.4. The molecule has 354 valence electrons. The molecule has 0 amide bonds. The molecule has 0 aliphatic rings. The van der Waals surface area contributed by atoms with Gasteiger partial charge in [0, 0.05) is 5.56 Å². The number of hydrogen-bond donors (Lipinski definition) is 0. The molecule has 0 bridgehead atoms. The van der Waals surface area contributed by atoms with E-state index in [1.54, 1.807) is 48.9 Å². The summed E-state index contributed by atoms with van der Waals surface area (Å²) in [5.41, 5.74) is -12.3. The Hall–Kier alpha value is -7.34. The third-order valence-electron chi connectivity index (χ3n) is 10.4. The van der Waals surface area contributed by atoms with E-state index in [-0.39, 0.29) is 18.1 Å². The van der Waals surface area contributed by atoms with E-state index < -0.39 is 144 Å². The van der Waals surface area contributed by atoms with E-state index in [4.69, 9.17) is 0 Å². The minimum atomic E-state index is -7.22. The topological polar surface area (TPSA) is 33.8 Å². The predicted octanol–water partition coefficient (Wildman–Crippen LogP) is 8.83. The summed E-state index contributed by atoms with van der Waals surface area (Å²) in [6.07, 6.45) is -1.78. The van der Waals surface area contributed by atoms with Crippen LogP contribution in [-0.4, -0.2) is 16.9 Å². The van der Waals surface area contributed by atoms with Gasteiger partial charge in [-0.1, -0.05) is 48.5 Å². The number of aromatic nitrogens is 2. The third kappa shape index (κ3) is 8.15. The van der Waals surface area contributed by atoms with E-state index in [0.717, 1.165) is 5.69 Å². The number of nitrogens with zero attached hydrogens (tertiary/aromatic N) is 2. The van der Waals surface area contributed by atoms with Crippen molar-refractivity contribution in [2.24, 2.45) is 0 Å². The van der Waals surface area contributed by atoms with Crippen LogP contribution in [0.4, 0.5) is 92.2 Å². The molecular formula is C43H16BF21N2O. The number of Topliss-reactive ketones (excluding diaryl/α,β-unsaturated/α-hetero) is 1. The Balaban J connectivity index is 0.000000276. The highest BCUT2D eigenvalue weighted by Crippen LogP contribution is 2.31. The maximum Gasteiger partial charge on any atom is 0.227 e. The van der Waals surface area contributed by atoms with Gasteiger partial charge in [-0.2, -0.15) is 4.57 Å². The highest BCUT2D eigenvalue weighted by atomic mass is 19.2. The Morgan fingerprint density at radius 2 is 0.721 bits per heavy atom. The first kappa shape index (κ1) is 50.1. The lowest BCUT2D eigenvalue weighted by molar-refractivity contribution is -0.690. The minimum Gasteiger partial charge on any atom is -0.287 e. The van der Waals surface area contributed by atoms with Gasteiger partial charge < -0.3 is 0 Å². The summed E-state index contributed by atoms with van der Waals surface area (Å²) in [5, 5.41) is 0. The molecular weight excluding hydrogens is 970 g/mol. The van der Waals surface area contributed by atoms with Crippen LogP contribution in [-0.2, 0) is 13.0 Å². The average molecular weight is 986 g/mol. The molecule has 0 N–H and O–H groups in total. The summed E-state index contributed by atoms with van der Waals surface area (Å²) in [4.78, 5) is 16.5. The number of rotatable bonds is 9. The maximum absolute atomic E-state index is 15.4. The quantitative estimate of drug-likeness (QED) is 0.0362. The predicted molar refractivity (Wildman–Crippen MR) is 194 cm³/mol. The Bertz CT molecular complexity index is 2790. The Morgan fingerprint density at radius 1 is 0.412 bits per heavy atom. The Kier molecular flexibility index (Phi) is 14.1. The molecule has 0 saturated heterocycles. The van der Waals surface area contributed by atoms with Gasteiger partial charge in [0.1, 0.15) is 58.5 Å². The van der Waals surface area contributed by atoms with Crippen molar-refractivity contribution in [2.45, 2.75) is 13.0 Å². The zero-order chi connectivity index (χ0) is 50.4. The van der Waals surface area contributed by atoms with Gasteiger partial charge in [-0.15, -0.1) is 21.9 Å². The van der Waals surface area contributed by atoms with Crippen molar-refractivity contribution in [3.8, 4) is 0 Å². The highest BCUT2D eigenvalue weighted by Gasteiger charge is 2.52. The fourth-order valence-corrected chi connectivity index (χ4v) is 7.30. The van der Waals surface area contributed by atoms with Crippen molar-refractivity contribution >= 4 is 33.8 Å². The van der Waals surface area contributed by atoms with Crippen molar-refractivity contribution in [3.63, 3.8) is 0 Å². The molecule has 7 rings (SSSR count). The molecule has 0 fully saturated rings. The molecule has 6 aromatic carbocycles. The monoisotopic (exact) mass is 986 g/mol. The van der Waals surface area contributed by atoms with Gasteiger partial charge in [-0.25, -0.2) is 92.2 Å². The molecule has 0 unspecified atom stereocenters. The number of ketones is 1. The second-order valence-corrected chi connectivity index (χ2v) is 14.1. The van der Waals surface area contributed by atoms with E-state index in [2.05, 4.69) is 4.98 Å². The fourth-order valence-electron chi connectivity index (χ4n) is 7.30. The summed E-state index contributed by atoms with van der Waals surface area (Å²) in [5.74, 6) is -71.6. The minimum absolute atomic E-state index is 0.0107. The van der Waals surface area contributed by atoms with Crippen LogP contribution in [0.3, 0.4) is 0 Å². The molecule has 3 nitrogen and oxygen atoms in total. The van der Waals surface area contributed by atoms with Gasteiger partial charge in [0.2, 0.25) is 18.0 Å². The zero-order valence-corrected chi connectivity index (χ0v) is 32.7. The third-order valence-corrected chi connectivity index (χ3v) is 10.4. The number of hydrogen-bond acceptors (Lipinski definition) is 2. The summed E-state index contributed by atoms with van der Waals surface area (Å²) in [7, 11) is 0. The zero-order valence-electron chi connectivity index (χ0n) is 32.7. The molecule has 0 atom stereocenters. The largest absolute Gasteiger partial charge is 0.287 e.